The Balaban J connectivity index is 2.26. The molecular weight excluding hydrogens is 203 g/mol. The van der Waals surface area contributed by atoms with E-state index in [-0.39, 0.29) is 0 Å². The maximum atomic E-state index is 9.14. The largest absolute Gasteiger partial charge is 0.488 e. The first-order chi connectivity index (χ1) is 7.75. The SMILES string of the molecule is OB(O)c1ccc2oc3c(c2c1)CCC=C3. The van der Waals surface area contributed by atoms with Gasteiger partial charge in [-0.25, -0.2) is 0 Å². The summed E-state index contributed by atoms with van der Waals surface area (Å²) >= 11 is 0. The van der Waals surface area contributed by atoms with Crippen LogP contribution in [0.4, 0.5) is 0 Å². The van der Waals surface area contributed by atoms with Crippen molar-refractivity contribution in [3.05, 3.63) is 35.6 Å². The predicted molar refractivity (Wildman–Crippen MR) is 63.4 cm³/mol. The lowest BCUT2D eigenvalue weighted by Crippen LogP contribution is -2.29. The zero-order valence-corrected chi connectivity index (χ0v) is 8.68. The summed E-state index contributed by atoms with van der Waals surface area (Å²) in [4.78, 5) is 0. The average Bonchev–Trinajstić information content (AvgIpc) is 2.66. The molecule has 0 saturated heterocycles. The number of allylic oxidation sites excluding steroid dienone is 1. The Bertz CT molecular complexity index is 569. The van der Waals surface area contributed by atoms with Gasteiger partial charge in [0, 0.05) is 10.9 Å². The van der Waals surface area contributed by atoms with Crippen LogP contribution in [0.15, 0.2) is 28.7 Å². The fourth-order valence-corrected chi connectivity index (χ4v) is 2.16. The summed E-state index contributed by atoms with van der Waals surface area (Å²) in [7, 11) is -1.42. The molecule has 1 aromatic carbocycles. The monoisotopic (exact) mass is 214 g/mol. The summed E-state index contributed by atoms with van der Waals surface area (Å²) < 4.78 is 5.68. The topological polar surface area (TPSA) is 53.6 Å². The number of furan rings is 1. The van der Waals surface area contributed by atoms with Gasteiger partial charge in [0.1, 0.15) is 11.3 Å². The molecule has 0 unspecified atom stereocenters. The van der Waals surface area contributed by atoms with Gasteiger partial charge in [-0.2, -0.15) is 0 Å². The Kier molecular flexibility index (Phi) is 2.12. The lowest BCUT2D eigenvalue weighted by molar-refractivity contribution is 0.426. The lowest BCUT2D eigenvalue weighted by Gasteiger charge is -2.03. The average molecular weight is 214 g/mol. The Morgan fingerprint density at radius 3 is 2.94 bits per heavy atom. The molecule has 1 heterocycles. The number of hydrogen-bond donors (Lipinski definition) is 2. The first kappa shape index (κ1) is 9.69. The smallest absolute Gasteiger partial charge is 0.456 e. The van der Waals surface area contributed by atoms with Gasteiger partial charge in [0.05, 0.1) is 0 Å². The van der Waals surface area contributed by atoms with Crippen LogP contribution in [0.5, 0.6) is 0 Å². The molecule has 0 fully saturated rings. The van der Waals surface area contributed by atoms with Crippen LogP contribution in [0, 0.1) is 0 Å². The molecule has 0 bridgehead atoms. The molecule has 1 aliphatic rings. The molecule has 2 N–H and O–H groups in total. The number of hydrogen-bond acceptors (Lipinski definition) is 3. The minimum absolute atomic E-state index is 0.505. The van der Waals surface area contributed by atoms with E-state index in [0.29, 0.717) is 5.46 Å². The van der Waals surface area contributed by atoms with E-state index in [9.17, 15) is 0 Å². The maximum absolute atomic E-state index is 9.14. The third-order valence-corrected chi connectivity index (χ3v) is 2.97. The maximum Gasteiger partial charge on any atom is 0.488 e. The van der Waals surface area contributed by atoms with Gasteiger partial charge in [-0.1, -0.05) is 18.2 Å². The standard InChI is InChI=1S/C12H11BO3/c14-13(15)8-5-6-12-10(7-8)9-3-1-2-4-11(9)16-12/h2,4-7,14-15H,1,3H2. The molecule has 0 spiro atoms. The minimum atomic E-state index is -1.42. The molecule has 80 valence electrons. The molecular formula is C12H11BO3. The van der Waals surface area contributed by atoms with E-state index in [1.807, 2.05) is 6.08 Å². The molecule has 0 radical (unpaired) electrons. The zero-order chi connectivity index (χ0) is 11.1. The van der Waals surface area contributed by atoms with Gasteiger partial charge in [0.25, 0.3) is 0 Å². The van der Waals surface area contributed by atoms with Gasteiger partial charge < -0.3 is 14.5 Å². The van der Waals surface area contributed by atoms with Crippen molar-refractivity contribution in [2.75, 3.05) is 0 Å². The molecule has 16 heavy (non-hydrogen) atoms. The number of aryl methyl sites for hydroxylation is 1. The number of benzene rings is 1. The Morgan fingerprint density at radius 1 is 1.25 bits per heavy atom. The highest BCUT2D eigenvalue weighted by Crippen LogP contribution is 2.30. The third kappa shape index (κ3) is 1.38. The van der Waals surface area contributed by atoms with Crippen LogP contribution in [0.2, 0.25) is 0 Å². The first-order valence-corrected chi connectivity index (χ1v) is 5.34. The Morgan fingerprint density at radius 2 is 2.12 bits per heavy atom. The van der Waals surface area contributed by atoms with Crippen molar-refractivity contribution in [1.29, 1.82) is 0 Å². The quantitative estimate of drug-likeness (QED) is 0.698. The highest BCUT2D eigenvalue weighted by molar-refractivity contribution is 6.58. The van der Waals surface area contributed by atoms with Crippen LogP contribution in [0.3, 0.4) is 0 Å². The van der Waals surface area contributed by atoms with Gasteiger partial charge in [-0.05, 0) is 30.4 Å². The van der Waals surface area contributed by atoms with Crippen LogP contribution < -0.4 is 5.46 Å². The molecule has 0 amide bonds. The van der Waals surface area contributed by atoms with Gasteiger partial charge in [0.2, 0.25) is 0 Å². The number of rotatable bonds is 1. The van der Waals surface area contributed by atoms with E-state index >= 15 is 0 Å². The minimum Gasteiger partial charge on any atom is -0.456 e. The Hall–Kier alpha value is -1.52. The second-order valence-electron chi connectivity index (χ2n) is 4.02. The molecule has 3 rings (SSSR count). The summed E-state index contributed by atoms with van der Waals surface area (Å²) in [5.41, 5.74) is 2.48. The van der Waals surface area contributed by atoms with Crippen LogP contribution in [-0.2, 0) is 6.42 Å². The predicted octanol–water partition coefficient (Wildman–Crippen LogP) is 1.07. The fraction of sp³-hybridized carbons (Fsp3) is 0.167. The molecule has 1 aromatic heterocycles. The van der Waals surface area contributed by atoms with Crippen molar-refractivity contribution in [2.45, 2.75) is 12.8 Å². The summed E-state index contributed by atoms with van der Waals surface area (Å²) in [6, 6.07) is 5.25. The lowest BCUT2D eigenvalue weighted by atomic mass is 9.79. The van der Waals surface area contributed by atoms with Crippen molar-refractivity contribution in [1.82, 2.24) is 0 Å². The normalized spacial score (nSPS) is 14.1. The van der Waals surface area contributed by atoms with Gasteiger partial charge in [-0.15, -0.1) is 0 Å². The molecule has 3 nitrogen and oxygen atoms in total. The zero-order valence-electron chi connectivity index (χ0n) is 8.68. The molecule has 0 saturated carbocycles. The summed E-state index contributed by atoms with van der Waals surface area (Å²) in [6.45, 7) is 0. The van der Waals surface area contributed by atoms with E-state index in [1.54, 1.807) is 18.2 Å². The van der Waals surface area contributed by atoms with Crippen molar-refractivity contribution >= 4 is 29.6 Å². The van der Waals surface area contributed by atoms with Crippen LogP contribution in [0.1, 0.15) is 17.7 Å². The van der Waals surface area contributed by atoms with E-state index < -0.39 is 7.12 Å². The third-order valence-electron chi connectivity index (χ3n) is 2.97. The van der Waals surface area contributed by atoms with Crippen LogP contribution >= 0.6 is 0 Å². The van der Waals surface area contributed by atoms with Gasteiger partial charge >= 0.3 is 7.12 Å². The van der Waals surface area contributed by atoms with Gasteiger partial charge in [-0.3, -0.25) is 0 Å². The van der Waals surface area contributed by atoms with Crippen molar-refractivity contribution in [2.24, 2.45) is 0 Å². The highest BCUT2D eigenvalue weighted by atomic mass is 16.4. The molecule has 0 aliphatic heterocycles. The summed E-state index contributed by atoms with van der Waals surface area (Å²) in [5.74, 6) is 0.894. The summed E-state index contributed by atoms with van der Waals surface area (Å²) in [5, 5.41) is 19.3. The van der Waals surface area contributed by atoms with Gasteiger partial charge in [0.15, 0.2) is 0 Å². The first-order valence-electron chi connectivity index (χ1n) is 5.34. The van der Waals surface area contributed by atoms with Crippen molar-refractivity contribution < 1.29 is 14.5 Å². The van der Waals surface area contributed by atoms with E-state index in [1.165, 1.54) is 5.56 Å². The molecule has 4 heteroatoms. The summed E-state index contributed by atoms with van der Waals surface area (Å²) in [6.07, 6.45) is 6.03. The Labute approximate surface area is 93.2 Å². The van der Waals surface area contributed by atoms with E-state index in [4.69, 9.17) is 14.5 Å². The molecule has 1 aliphatic carbocycles. The highest BCUT2D eigenvalue weighted by Gasteiger charge is 2.17. The van der Waals surface area contributed by atoms with E-state index in [2.05, 4.69) is 6.08 Å². The second-order valence-corrected chi connectivity index (χ2v) is 4.02. The number of fused-ring (bicyclic) bond motifs is 3. The van der Waals surface area contributed by atoms with Crippen LogP contribution in [0.25, 0.3) is 17.0 Å². The van der Waals surface area contributed by atoms with Crippen molar-refractivity contribution in [3.63, 3.8) is 0 Å². The fourth-order valence-electron chi connectivity index (χ4n) is 2.16. The second kappa shape index (κ2) is 3.51. The van der Waals surface area contributed by atoms with Crippen LogP contribution in [-0.4, -0.2) is 17.2 Å². The molecule has 2 aromatic rings. The molecule has 0 atom stereocenters. The van der Waals surface area contributed by atoms with E-state index in [0.717, 1.165) is 29.6 Å². The van der Waals surface area contributed by atoms with Crippen molar-refractivity contribution in [3.8, 4) is 0 Å².